The second kappa shape index (κ2) is 61.2. The number of halogens is 2. The topological polar surface area (TPSA) is 269 Å². The maximum atomic E-state index is 10.6. The molecule has 0 radical (unpaired) electrons. The Morgan fingerprint density at radius 1 is 0.466 bits per heavy atom. The number of hydrogen-bond acceptors (Lipinski definition) is 51. The van der Waals surface area contributed by atoms with Crippen LogP contribution in [0.5, 0.6) is 0 Å². The van der Waals surface area contributed by atoms with Crippen molar-refractivity contribution in [3.05, 3.63) is 54.4 Å². The van der Waals surface area contributed by atoms with E-state index in [0.29, 0.717) is 29.9 Å². The van der Waals surface area contributed by atoms with Crippen LogP contribution in [0, 0.1) is 9.41 Å². The molecule has 12 aromatic heterocycles. The van der Waals surface area contributed by atoms with Gasteiger partial charge in [-0.05, 0) is 33.6 Å². The van der Waals surface area contributed by atoms with E-state index in [-0.39, 0.29) is 138 Å². The van der Waals surface area contributed by atoms with E-state index in [2.05, 4.69) is 127 Å². The first-order chi connectivity index (χ1) is 47.3. The van der Waals surface area contributed by atoms with E-state index in [1.54, 1.807) is 46.2 Å². The van der Waals surface area contributed by atoms with E-state index in [0.717, 1.165) is 160 Å². The minimum atomic E-state index is -1.06. The summed E-state index contributed by atoms with van der Waals surface area (Å²) in [5.41, 5.74) is 0. The summed E-state index contributed by atoms with van der Waals surface area (Å²) < 4.78 is 87.9. The molecule has 0 saturated carbocycles. The average molecular weight is 2260 g/mol. The van der Waals surface area contributed by atoms with Crippen molar-refractivity contribution in [1.82, 2.24) is 61.2 Å². The third-order valence-electron chi connectivity index (χ3n) is 8.95. The van der Waals surface area contributed by atoms with E-state index in [1.807, 2.05) is 67.8 Å². The molecule has 0 atom stereocenters. The monoisotopic (exact) mass is 2250 g/mol. The molecule has 0 N–H and O–H groups in total. The standard InChI is InChI=1S/C10H8N2S7.C7H8S5.C6H15O3P.2C3N2OS3.2C3N2S4.C2Cl2N2S.C2H2N2S3.C2H4O2.2CH4.Hg.4Na.H2S/c1-2-3-4-13-7-8(14-4)18-10(17-7)9-15-5-6(16-9)12-19-11-5;1-2-3-4-9-5-6(10-4)12-7(8)11-5;1-4-7-10(8-5-2)9-6-3;4*6-3-7-1-2(8-3)5-9-4-1;3-1-2(4)6-7-5-1;5-1-2(6)4-7-3-1;1-2(3)4;;;;;;;;/h4H,2-3H2,1H3;4H,2-3H2,1H3;4-6H2,1-3H3;;;;;;(H,3,5)(H,4,6);1H3,(H,3,4);2*1H4;;;;;;1H2/q;;;;;;;;;;;;+1;;;2*+1;/p-3. The van der Waals surface area contributed by atoms with E-state index in [9.17, 15) is 14.4 Å². The van der Waals surface area contributed by atoms with E-state index < -0.39 is 8.60 Å². The number of aromatic nitrogens is 14. The molecule has 0 amide bonds. The van der Waals surface area contributed by atoms with Gasteiger partial charge in [-0.15, -0.1) is 46.2 Å². The van der Waals surface area contributed by atoms with Gasteiger partial charge in [0.25, 0.3) is 8.11 Å². The maximum absolute atomic E-state index is 10.6. The Bertz CT molecular complexity index is 4130. The third kappa shape index (κ3) is 39.3. The van der Waals surface area contributed by atoms with Gasteiger partial charge in [0, 0.05) is 0 Å². The van der Waals surface area contributed by atoms with Gasteiger partial charge in [-0.25, -0.2) is 8.75 Å². The summed E-state index contributed by atoms with van der Waals surface area (Å²) in [4.78, 5) is 37.9. The molecule has 4 aliphatic heterocycles. The first kappa shape index (κ1) is 108. The molecule has 4 aliphatic rings. The fourth-order valence-corrected chi connectivity index (χ4v) is 36.4. The predicted molar refractivity (Wildman–Crippen MR) is 475 cm³/mol. The molecule has 60 heteroatoms. The summed E-state index contributed by atoms with van der Waals surface area (Å²) in [7, 11) is -1.06. The number of hydrogen-bond donors (Lipinski definition) is 0. The van der Waals surface area contributed by atoms with Crippen molar-refractivity contribution in [3.8, 4) is 0 Å². The van der Waals surface area contributed by atoms with Crippen LogP contribution < -0.4 is 67.2 Å². The third-order valence-corrected chi connectivity index (χ3v) is 42.3. The quantitative estimate of drug-likeness (QED) is 0.0533. The summed E-state index contributed by atoms with van der Waals surface area (Å²) >= 11 is 76.0. The van der Waals surface area contributed by atoms with Gasteiger partial charge in [-0.2, -0.15) is 66.0 Å². The Kier molecular flexibility index (Phi) is 64.0. The molecule has 16 heterocycles. The Hall–Kier alpha value is 6.84. The summed E-state index contributed by atoms with van der Waals surface area (Å²) in [5.74, 6) is -0.159. The van der Waals surface area contributed by atoms with Gasteiger partial charge >= 0.3 is 158 Å². The van der Waals surface area contributed by atoms with Crippen LogP contribution in [0.25, 0.3) is 38.6 Å². The Morgan fingerprint density at radius 2 is 0.738 bits per heavy atom. The molecule has 12 aromatic rings. The van der Waals surface area contributed by atoms with Gasteiger partial charge < -0.3 is 38.8 Å². The van der Waals surface area contributed by atoms with Crippen molar-refractivity contribution >= 4 is 485 Å². The SMILES string of the molecule is C.C.CC(=O)[O][Hg].CCCC1SC2=C(SC(=C3Sc4nsnc4S3)S2)S1.CCCC1Sc2sc(=S)sc2S1.CCOP(OCC)OCC.Clc1nsnc1Cl.O=c1sc2nsnc2s1.O=c1sc2nsnc2s1.S.S=c1sc2nsnc2s1.S=c1sc2nsnc2s1.[Na+].[Na+].[Na][Na].[S-]c1nsnc1[S-]. The van der Waals surface area contributed by atoms with Crippen LogP contribution in [0.2, 0.25) is 10.3 Å². The Labute approximate surface area is 830 Å². The molecule has 0 fully saturated rings. The number of thioether (sulfide) groups is 8. The fraction of sp³-hybridized carbons (Fsp3) is 0.395. The van der Waals surface area contributed by atoms with Crippen LogP contribution in [0.4, 0.5) is 0 Å². The minimum absolute atomic E-state index is 0. The van der Waals surface area contributed by atoms with Crippen molar-refractivity contribution in [3.63, 3.8) is 0 Å². The average Bonchev–Trinajstić information content (AvgIpc) is 1.63. The van der Waals surface area contributed by atoms with Crippen molar-refractivity contribution in [2.45, 2.75) is 120 Å². The molecule has 0 unspecified atom stereocenters. The van der Waals surface area contributed by atoms with E-state index in [1.165, 1.54) is 182 Å². The summed E-state index contributed by atoms with van der Waals surface area (Å²) in [6.45, 7) is 13.6. The smallest absolute Gasteiger partial charge is 0.0647 e. The Balaban J connectivity index is 0.000000579. The van der Waals surface area contributed by atoms with Crippen LogP contribution in [-0.2, 0) is 72.8 Å². The fourth-order valence-electron chi connectivity index (χ4n) is 5.38. The maximum Gasteiger partial charge on any atom is 0.0647 e. The molecular weight excluding hydrogens is 2210 g/mol. The van der Waals surface area contributed by atoms with Crippen LogP contribution in [0.1, 0.15) is 82.1 Å². The van der Waals surface area contributed by atoms with Gasteiger partial charge in [0.05, 0.1) is 136 Å². The molecule has 0 aromatic carbocycles. The molecule has 16 rings (SSSR count). The Morgan fingerprint density at radius 3 is 1.01 bits per heavy atom. The molecule has 0 bridgehead atoms. The molecular formula is C43H44Cl2HgN14Na4O7PS31. The zero-order valence-electron chi connectivity index (χ0n) is 52.9. The summed E-state index contributed by atoms with van der Waals surface area (Å²) in [6.07, 6.45) is 5.18. The molecule has 21 nitrogen and oxygen atoms in total. The molecule has 103 heavy (non-hydrogen) atoms. The van der Waals surface area contributed by atoms with Gasteiger partial charge in [0.15, 0.2) is 48.9 Å². The van der Waals surface area contributed by atoms with Crippen molar-refractivity contribution < 1.29 is 107 Å². The number of nitrogens with zero attached hydrogens (tertiary/aromatic N) is 14. The predicted octanol–water partition coefficient (Wildman–Crippen LogP) is 17.5. The minimum Gasteiger partial charge on any atom is -0.759 e. The van der Waals surface area contributed by atoms with Gasteiger partial charge in [-0.3, -0.25) is 9.59 Å². The van der Waals surface area contributed by atoms with Crippen LogP contribution in [0.15, 0.2) is 55.1 Å². The normalized spacial score (nSPS) is 12.6. The number of carbonyl (C=O) groups excluding carboxylic acids is 1. The van der Waals surface area contributed by atoms with E-state index in [4.69, 9.17) is 73.4 Å². The van der Waals surface area contributed by atoms with Crippen molar-refractivity contribution in [1.29, 1.82) is 0 Å². The van der Waals surface area contributed by atoms with Crippen molar-refractivity contribution in [2.24, 2.45) is 0 Å². The van der Waals surface area contributed by atoms with Crippen LogP contribution in [0.3, 0.4) is 0 Å². The molecule has 539 valence electrons. The van der Waals surface area contributed by atoms with Crippen LogP contribution >= 0.6 is 372 Å². The summed E-state index contributed by atoms with van der Waals surface area (Å²) in [6, 6.07) is 0. The van der Waals surface area contributed by atoms with Gasteiger partial charge in [-0.1, -0.05) is 273 Å². The second-order valence-corrected chi connectivity index (χ2v) is 48.0. The van der Waals surface area contributed by atoms with Crippen LogP contribution in [-0.4, -0.2) is 140 Å². The van der Waals surface area contributed by atoms with Gasteiger partial charge in [0.1, 0.15) is 19.5 Å². The zero-order valence-corrected chi connectivity index (χ0v) is 94.3. The molecule has 0 aliphatic carbocycles. The number of fused-ring (bicyclic) bond motifs is 6. The summed E-state index contributed by atoms with van der Waals surface area (Å²) in [5, 5.41) is 3.64. The zero-order chi connectivity index (χ0) is 71.1. The second-order valence-electron chi connectivity index (χ2n) is 15.5. The number of rotatable bonds is 10. The van der Waals surface area contributed by atoms with Gasteiger partial charge in [0.2, 0.25) is 0 Å². The molecule has 0 saturated heterocycles. The van der Waals surface area contributed by atoms with E-state index >= 15 is 0 Å². The first-order valence-corrected chi connectivity index (χ1v) is 60.6. The largest absolute Gasteiger partial charge is 0.759 e. The first-order valence-electron chi connectivity index (χ1n) is 26.4. The van der Waals surface area contributed by atoms with Crippen molar-refractivity contribution in [2.75, 3.05) is 19.8 Å². The number of carbonyl (C=O) groups is 1. The molecule has 0 spiro atoms.